The highest BCUT2D eigenvalue weighted by Gasteiger charge is 2.26. The van der Waals surface area contributed by atoms with E-state index in [-0.39, 0.29) is 24.5 Å². The molecule has 0 bridgehead atoms. The molecule has 2 unspecified atom stereocenters. The van der Waals surface area contributed by atoms with Crippen LogP contribution in [-0.2, 0) is 0 Å². The minimum absolute atomic E-state index is 0.0659. The van der Waals surface area contributed by atoms with Crippen LogP contribution in [0.15, 0.2) is 22.7 Å². The Morgan fingerprint density at radius 2 is 2.16 bits per heavy atom. The molecule has 0 radical (unpaired) electrons. The number of amides is 1. The maximum Gasteiger partial charge on any atom is 0.251 e. The Balaban J connectivity index is 2.05. The summed E-state index contributed by atoms with van der Waals surface area (Å²) in [4.78, 5) is 12.2. The molecular weight excluding hydrogens is 308 g/mol. The number of hydrogen-bond acceptors (Lipinski definition) is 3. The van der Waals surface area contributed by atoms with E-state index in [1.165, 1.54) is 0 Å². The van der Waals surface area contributed by atoms with Gasteiger partial charge in [-0.15, -0.1) is 0 Å². The lowest BCUT2D eigenvalue weighted by atomic mass is 9.85. The van der Waals surface area contributed by atoms with Crippen molar-refractivity contribution in [1.82, 2.24) is 5.32 Å². The van der Waals surface area contributed by atoms with E-state index in [1.54, 1.807) is 18.2 Å². The SMILES string of the molecule is Nc1cc(C(=O)NC2CCCCC2CO)ccc1Br. The molecule has 1 fully saturated rings. The summed E-state index contributed by atoms with van der Waals surface area (Å²) in [6.45, 7) is 0.132. The molecule has 1 aliphatic rings. The van der Waals surface area contributed by atoms with Crippen LogP contribution in [0.25, 0.3) is 0 Å². The predicted molar refractivity (Wildman–Crippen MR) is 78.9 cm³/mol. The largest absolute Gasteiger partial charge is 0.398 e. The van der Waals surface area contributed by atoms with Crippen molar-refractivity contribution in [2.75, 3.05) is 12.3 Å². The smallest absolute Gasteiger partial charge is 0.251 e. The first-order valence-corrected chi connectivity index (χ1v) is 7.38. The first-order valence-electron chi connectivity index (χ1n) is 6.58. The van der Waals surface area contributed by atoms with Crippen molar-refractivity contribution in [2.24, 2.45) is 5.92 Å². The van der Waals surface area contributed by atoms with E-state index in [0.29, 0.717) is 11.3 Å². The summed E-state index contributed by atoms with van der Waals surface area (Å²) in [5.74, 6) is 0.0510. The monoisotopic (exact) mass is 326 g/mol. The molecule has 0 aromatic heterocycles. The van der Waals surface area contributed by atoms with Crippen LogP contribution in [-0.4, -0.2) is 23.7 Å². The maximum absolute atomic E-state index is 12.2. The summed E-state index contributed by atoms with van der Waals surface area (Å²) in [6, 6.07) is 5.24. The quantitative estimate of drug-likeness (QED) is 0.746. The van der Waals surface area contributed by atoms with Crippen LogP contribution in [0.1, 0.15) is 36.0 Å². The molecule has 5 heteroatoms. The van der Waals surface area contributed by atoms with Crippen molar-refractivity contribution in [3.05, 3.63) is 28.2 Å². The van der Waals surface area contributed by atoms with Gasteiger partial charge in [-0.05, 0) is 47.0 Å². The Labute approximate surface area is 121 Å². The van der Waals surface area contributed by atoms with Crippen LogP contribution in [0, 0.1) is 5.92 Å². The van der Waals surface area contributed by atoms with Crippen molar-refractivity contribution >= 4 is 27.5 Å². The molecule has 1 amide bonds. The molecule has 104 valence electrons. The summed E-state index contributed by atoms with van der Waals surface area (Å²) in [7, 11) is 0. The summed E-state index contributed by atoms with van der Waals surface area (Å²) in [5.41, 5.74) is 6.89. The molecule has 1 saturated carbocycles. The van der Waals surface area contributed by atoms with Crippen molar-refractivity contribution in [3.8, 4) is 0 Å². The molecule has 4 N–H and O–H groups in total. The zero-order chi connectivity index (χ0) is 13.8. The number of halogens is 1. The molecule has 0 aliphatic heterocycles. The van der Waals surface area contributed by atoms with E-state index in [4.69, 9.17) is 5.73 Å². The topological polar surface area (TPSA) is 75.4 Å². The number of aliphatic hydroxyl groups is 1. The number of nitrogens with one attached hydrogen (secondary N) is 1. The first kappa shape index (κ1) is 14.3. The Hall–Kier alpha value is -1.07. The van der Waals surface area contributed by atoms with E-state index < -0.39 is 0 Å². The second-order valence-corrected chi connectivity index (χ2v) is 5.90. The van der Waals surface area contributed by atoms with Gasteiger partial charge in [0.2, 0.25) is 0 Å². The molecule has 1 aliphatic carbocycles. The highest BCUT2D eigenvalue weighted by Crippen LogP contribution is 2.25. The number of nitrogen functional groups attached to an aromatic ring is 1. The number of rotatable bonds is 3. The Morgan fingerprint density at radius 1 is 1.42 bits per heavy atom. The van der Waals surface area contributed by atoms with Gasteiger partial charge in [0.25, 0.3) is 5.91 Å². The first-order chi connectivity index (χ1) is 9.11. The molecule has 0 spiro atoms. The Kier molecular flexibility index (Phi) is 4.82. The van der Waals surface area contributed by atoms with Gasteiger partial charge in [0.15, 0.2) is 0 Å². The number of aliphatic hydroxyl groups excluding tert-OH is 1. The molecule has 1 aromatic carbocycles. The van der Waals surface area contributed by atoms with Crippen LogP contribution < -0.4 is 11.1 Å². The summed E-state index contributed by atoms with van der Waals surface area (Å²) in [6.07, 6.45) is 4.14. The third-order valence-corrected chi connectivity index (χ3v) is 4.44. The number of benzene rings is 1. The van der Waals surface area contributed by atoms with Crippen LogP contribution >= 0.6 is 15.9 Å². The maximum atomic E-state index is 12.2. The normalized spacial score (nSPS) is 23.1. The summed E-state index contributed by atoms with van der Waals surface area (Å²) < 4.78 is 0.787. The third-order valence-electron chi connectivity index (χ3n) is 3.72. The van der Waals surface area contributed by atoms with E-state index in [1.807, 2.05) is 0 Å². The number of carbonyl (C=O) groups is 1. The van der Waals surface area contributed by atoms with E-state index in [9.17, 15) is 9.90 Å². The summed E-state index contributed by atoms with van der Waals surface area (Å²) in [5, 5.41) is 12.4. The average Bonchev–Trinajstić information content (AvgIpc) is 2.42. The lowest BCUT2D eigenvalue weighted by Gasteiger charge is -2.30. The second kappa shape index (κ2) is 6.39. The number of nitrogens with two attached hydrogens (primary N) is 1. The number of hydrogen-bond donors (Lipinski definition) is 3. The fourth-order valence-electron chi connectivity index (χ4n) is 2.55. The Bertz CT molecular complexity index is 465. The second-order valence-electron chi connectivity index (χ2n) is 5.04. The van der Waals surface area contributed by atoms with Crippen LogP contribution in [0.4, 0.5) is 5.69 Å². The average molecular weight is 327 g/mol. The molecule has 0 heterocycles. The van der Waals surface area contributed by atoms with Gasteiger partial charge in [0.05, 0.1) is 0 Å². The number of anilines is 1. The zero-order valence-corrected chi connectivity index (χ0v) is 12.3. The Morgan fingerprint density at radius 3 is 2.84 bits per heavy atom. The highest BCUT2D eigenvalue weighted by molar-refractivity contribution is 9.10. The van der Waals surface area contributed by atoms with Gasteiger partial charge in [0, 0.05) is 34.3 Å². The van der Waals surface area contributed by atoms with Crippen LogP contribution in [0.5, 0.6) is 0 Å². The standard InChI is InChI=1S/C14H19BrN2O2/c15-11-6-5-9(7-12(11)16)14(19)17-13-4-2-1-3-10(13)8-18/h5-7,10,13,18H,1-4,8,16H2,(H,17,19). The van der Waals surface area contributed by atoms with E-state index >= 15 is 0 Å². The number of carbonyl (C=O) groups excluding carboxylic acids is 1. The van der Waals surface area contributed by atoms with Gasteiger partial charge in [-0.3, -0.25) is 4.79 Å². The minimum Gasteiger partial charge on any atom is -0.398 e. The van der Waals surface area contributed by atoms with Gasteiger partial charge >= 0.3 is 0 Å². The fraction of sp³-hybridized carbons (Fsp3) is 0.500. The van der Waals surface area contributed by atoms with Crippen molar-refractivity contribution < 1.29 is 9.90 Å². The van der Waals surface area contributed by atoms with Crippen LogP contribution in [0.3, 0.4) is 0 Å². The molecular formula is C14H19BrN2O2. The van der Waals surface area contributed by atoms with Gasteiger partial charge in [0.1, 0.15) is 0 Å². The minimum atomic E-state index is -0.121. The highest BCUT2D eigenvalue weighted by atomic mass is 79.9. The van der Waals surface area contributed by atoms with Crippen molar-refractivity contribution in [2.45, 2.75) is 31.7 Å². The van der Waals surface area contributed by atoms with Gasteiger partial charge in [-0.25, -0.2) is 0 Å². The molecule has 2 rings (SSSR count). The van der Waals surface area contributed by atoms with Crippen molar-refractivity contribution in [3.63, 3.8) is 0 Å². The van der Waals surface area contributed by atoms with E-state index in [2.05, 4.69) is 21.2 Å². The summed E-state index contributed by atoms with van der Waals surface area (Å²) >= 11 is 3.31. The zero-order valence-electron chi connectivity index (χ0n) is 10.7. The lowest BCUT2D eigenvalue weighted by molar-refractivity contribution is 0.0872. The third kappa shape index (κ3) is 3.48. The molecule has 0 saturated heterocycles. The lowest BCUT2D eigenvalue weighted by Crippen LogP contribution is -2.43. The van der Waals surface area contributed by atoms with Crippen LogP contribution in [0.2, 0.25) is 0 Å². The molecule has 2 atom stereocenters. The fourth-order valence-corrected chi connectivity index (χ4v) is 2.80. The van der Waals surface area contributed by atoms with Gasteiger partial charge in [-0.1, -0.05) is 12.8 Å². The molecule has 4 nitrogen and oxygen atoms in total. The van der Waals surface area contributed by atoms with Gasteiger partial charge < -0.3 is 16.2 Å². The van der Waals surface area contributed by atoms with E-state index in [0.717, 1.165) is 30.2 Å². The molecule has 19 heavy (non-hydrogen) atoms. The predicted octanol–water partition coefficient (Wildman–Crippen LogP) is 2.31. The van der Waals surface area contributed by atoms with Crippen molar-refractivity contribution in [1.29, 1.82) is 0 Å². The molecule has 1 aromatic rings. The van der Waals surface area contributed by atoms with Gasteiger partial charge in [-0.2, -0.15) is 0 Å².